The van der Waals surface area contributed by atoms with Gasteiger partial charge in [-0.3, -0.25) is 0 Å². The van der Waals surface area contributed by atoms with Crippen LogP contribution in [-0.4, -0.2) is 55.1 Å². The van der Waals surface area contributed by atoms with E-state index in [1.54, 1.807) is 18.3 Å². The Bertz CT molecular complexity index is 275. The molecule has 74 valence electrons. The summed E-state index contributed by atoms with van der Waals surface area (Å²) in [6.07, 6.45) is 1.74. The number of H-pyrrole nitrogens is 1. The SMILES string of the molecule is NC(O)=S.OC(=S)Nc1ccc[nH]1.[NaH]. The van der Waals surface area contributed by atoms with Crippen LogP contribution in [0, 0.1) is 0 Å². The molecule has 0 saturated heterocycles. The van der Waals surface area contributed by atoms with Crippen LogP contribution in [0.15, 0.2) is 18.3 Å². The second kappa shape index (κ2) is 9.22. The van der Waals surface area contributed by atoms with Crippen LogP contribution in [-0.2, 0) is 0 Å². The molecule has 0 spiro atoms. The standard InChI is InChI=1S/C5H6N2OS.CH3NOS.Na.H/c8-5(9)7-4-2-1-3-6-4;2-1(3)4;;/h1-3,6H,(H2,7,8,9);(H3,2,3,4);;. The van der Waals surface area contributed by atoms with E-state index in [0.29, 0.717) is 5.82 Å². The second-order valence-electron chi connectivity index (χ2n) is 1.85. The topological polar surface area (TPSA) is 94.3 Å². The molecule has 0 aliphatic rings. The first-order valence-electron chi connectivity index (χ1n) is 3.14. The average Bonchev–Trinajstić information content (AvgIpc) is 2.36. The molecule has 0 fully saturated rings. The van der Waals surface area contributed by atoms with Crippen LogP contribution in [0.25, 0.3) is 0 Å². The Morgan fingerprint density at radius 3 is 2.21 bits per heavy atom. The van der Waals surface area contributed by atoms with Crippen molar-refractivity contribution in [3.05, 3.63) is 18.3 Å². The van der Waals surface area contributed by atoms with Crippen LogP contribution in [0.4, 0.5) is 5.82 Å². The van der Waals surface area contributed by atoms with Gasteiger partial charge in [0.2, 0.25) is 0 Å². The maximum absolute atomic E-state index is 8.52. The third kappa shape index (κ3) is 11.7. The molecule has 0 atom stereocenters. The van der Waals surface area contributed by atoms with Crippen LogP contribution < -0.4 is 11.1 Å². The van der Waals surface area contributed by atoms with E-state index in [-0.39, 0.29) is 34.7 Å². The van der Waals surface area contributed by atoms with E-state index in [1.807, 2.05) is 0 Å². The molecule has 0 amide bonds. The summed E-state index contributed by atoms with van der Waals surface area (Å²) in [7, 11) is 0. The molecule has 0 unspecified atom stereocenters. The zero-order valence-corrected chi connectivity index (χ0v) is 8.15. The normalized spacial score (nSPS) is 7.43. The Labute approximate surface area is 114 Å². The molecule has 1 rings (SSSR count). The Kier molecular flexibility index (Phi) is 10.6. The molecule has 0 aliphatic heterocycles. The quantitative estimate of drug-likeness (QED) is 0.362. The zero-order chi connectivity index (χ0) is 10.3. The van der Waals surface area contributed by atoms with E-state index in [4.69, 9.17) is 10.2 Å². The van der Waals surface area contributed by atoms with Crippen molar-refractivity contribution in [2.75, 3.05) is 5.32 Å². The molecular formula is C6H10N3NaO2S2. The van der Waals surface area contributed by atoms with E-state index in [1.165, 1.54) is 0 Å². The first kappa shape index (κ1) is 16.1. The number of anilines is 1. The van der Waals surface area contributed by atoms with Gasteiger partial charge >= 0.3 is 29.6 Å². The molecule has 14 heavy (non-hydrogen) atoms. The molecule has 5 nitrogen and oxygen atoms in total. The summed E-state index contributed by atoms with van der Waals surface area (Å²) in [5.74, 6) is 0.697. The average molecular weight is 243 g/mol. The number of rotatable bonds is 1. The van der Waals surface area contributed by atoms with Crippen LogP contribution in [0.2, 0.25) is 0 Å². The van der Waals surface area contributed by atoms with Gasteiger partial charge in [0.15, 0.2) is 0 Å². The van der Waals surface area contributed by atoms with Gasteiger partial charge in [0.25, 0.3) is 10.3 Å². The van der Waals surface area contributed by atoms with Crippen LogP contribution in [0.1, 0.15) is 0 Å². The number of hydrogen-bond acceptors (Lipinski definition) is 2. The summed E-state index contributed by atoms with van der Waals surface area (Å²) in [5.41, 5.74) is 4.40. The Morgan fingerprint density at radius 1 is 1.43 bits per heavy atom. The van der Waals surface area contributed by atoms with Crippen molar-refractivity contribution in [2.24, 2.45) is 5.73 Å². The van der Waals surface area contributed by atoms with Gasteiger partial charge in [-0.1, -0.05) is 0 Å². The van der Waals surface area contributed by atoms with Crippen LogP contribution in [0.5, 0.6) is 0 Å². The molecule has 6 N–H and O–H groups in total. The van der Waals surface area contributed by atoms with E-state index >= 15 is 0 Å². The summed E-state index contributed by atoms with van der Waals surface area (Å²) in [6, 6.07) is 3.57. The fraction of sp³-hybridized carbons (Fsp3) is 0. The molecule has 1 aromatic heterocycles. The number of hydrogen-bond donors (Lipinski definition) is 5. The predicted molar refractivity (Wildman–Crippen MR) is 66.2 cm³/mol. The molecule has 8 heteroatoms. The number of thiocarbonyl (C=S) groups is 2. The van der Waals surface area contributed by atoms with Gasteiger partial charge in [0.1, 0.15) is 5.82 Å². The van der Waals surface area contributed by atoms with E-state index in [9.17, 15) is 0 Å². The monoisotopic (exact) mass is 243 g/mol. The van der Waals surface area contributed by atoms with Crippen molar-refractivity contribution < 1.29 is 10.2 Å². The first-order chi connectivity index (χ1) is 6.02. The second-order valence-corrected chi connectivity index (χ2v) is 2.66. The van der Waals surface area contributed by atoms with Crippen molar-refractivity contribution in [2.45, 2.75) is 0 Å². The molecular weight excluding hydrogens is 233 g/mol. The number of nitrogens with one attached hydrogen (secondary N) is 2. The Hall–Kier alpha value is -0.340. The molecule has 1 heterocycles. The van der Waals surface area contributed by atoms with Gasteiger partial charge in [0.05, 0.1) is 0 Å². The van der Waals surface area contributed by atoms with Gasteiger partial charge in [0, 0.05) is 6.20 Å². The van der Waals surface area contributed by atoms with Gasteiger partial charge < -0.3 is 26.2 Å². The Morgan fingerprint density at radius 2 is 1.93 bits per heavy atom. The number of aliphatic hydroxyl groups excluding tert-OH is 2. The molecule has 0 saturated carbocycles. The third-order valence-corrected chi connectivity index (χ3v) is 0.942. The minimum absolute atomic E-state index is 0. The molecule has 0 aromatic carbocycles. The zero-order valence-electron chi connectivity index (χ0n) is 6.52. The summed E-state index contributed by atoms with van der Waals surface area (Å²) in [4.78, 5) is 2.81. The van der Waals surface area contributed by atoms with Gasteiger partial charge in [-0.25, -0.2) is 0 Å². The van der Waals surface area contributed by atoms with E-state index in [2.05, 4.69) is 40.5 Å². The van der Waals surface area contributed by atoms with E-state index in [0.717, 1.165) is 0 Å². The molecule has 0 radical (unpaired) electrons. The third-order valence-electron chi connectivity index (χ3n) is 0.840. The number of aromatic nitrogens is 1. The molecule has 1 aromatic rings. The summed E-state index contributed by atoms with van der Waals surface area (Å²) in [5, 5.41) is 17.9. The van der Waals surface area contributed by atoms with Crippen LogP contribution >= 0.6 is 24.4 Å². The fourth-order valence-electron chi connectivity index (χ4n) is 0.523. The van der Waals surface area contributed by atoms with Crippen molar-refractivity contribution in [1.82, 2.24) is 4.98 Å². The van der Waals surface area contributed by atoms with Gasteiger partial charge in [-0.05, 0) is 36.6 Å². The van der Waals surface area contributed by atoms with Crippen molar-refractivity contribution >= 4 is 70.2 Å². The van der Waals surface area contributed by atoms with E-state index < -0.39 is 5.17 Å². The summed E-state index contributed by atoms with van der Waals surface area (Å²) < 4.78 is 0. The van der Waals surface area contributed by atoms with Crippen molar-refractivity contribution in [3.8, 4) is 0 Å². The number of aliphatic hydroxyl groups is 2. The molecule has 0 aliphatic carbocycles. The predicted octanol–water partition coefficient (Wildman–Crippen LogP) is 0.409. The van der Waals surface area contributed by atoms with Gasteiger partial charge in [-0.15, -0.1) is 0 Å². The minimum atomic E-state index is -0.500. The van der Waals surface area contributed by atoms with Crippen LogP contribution in [0.3, 0.4) is 0 Å². The van der Waals surface area contributed by atoms with Gasteiger partial charge in [-0.2, -0.15) is 0 Å². The van der Waals surface area contributed by atoms with Crippen molar-refractivity contribution in [3.63, 3.8) is 0 Å². The fourth-order valence-corrected chi connectivity index (χ4v) is 0.633. The Balaban J connectivity index is 0. The first-order valence-corrected chi connectivity index (χ1v) is 3.95. The number of nitrogens with two attached hydrogens (primary N) is 1. The molecule has 0 bridgehead atoms. The van der Waals surface area contributed by atoms with Crippen molar-refractivity contribution in [1.29, 1.82) is 0 Å². The summed E-state index contributed by atoms with van der Waals surface area (Å²) in [6.45, 7) is 0. The maximum atomic E-state index is 8.52. The summed E-state index contributed by atoms with van der Waals surface area (Å²) >= 11 is 8.24. The number of aromatic amines is 1.